The lowest BCUT2D eigenvalue weighted by Crippen LogP contribution is -2.63. The first-order chi connectivity index (χ1) is 9.16. The minimum absolute atomic E-state index is 0.230. The molecule has 1 aromatic heterocycles. The zero-order valence-electron chi connectivity index (χ0n) is 11.8. The van der Waals surface area contributed by atoms with Gasteiger partial charge in [0.25, 0.3) is 5.91 Å². The Morgan fingerprint density at radius 3 is 2.79 bits per heavy atom. The average Bonchev–Trinajstić information content (AvgIpc) is 2.76. The first-order valence-electron chi connectivity index (χ1n) is 7.26. The third-order valence-corrected chi connectivity index (χ3v) is 5.53. The molecule has 1 aromatic rings. The van der Waals surface area contributed by atoms with Gasteiger partial charge in [0.05, 0.1) is 4.88 Å². The number of amides is 1. The Kier molecular flexibility index (Phi) is 3.63. The predicted octanol–water partition coefficient (Wildman–Crippen LogP) is 2.76. The van der Waals surface area contributed by atoms with Crippen LogP contribution in [0.1, 0.15) is 41.4 Å². The van der Waals surface area contributed by atoms with E-state index in [1.165, 1.54) is 25.8 Å². The predicted molar refractivity (Wildman–Crippen MR) is 78.8 cm³/mol. The van der Waals surface area contributed by atoms with Crippen LogP contribution in [0.2, 0.25) is 0 Å². The Balaban J connectivity index is 1.58. The number of aryl methyl sites for hydroxylation is 1. The van der Waals surface area contributed by atoms with Crippen molar-refractivity contribution in [3.8, 4) is 0 Å². The number of carbonyl (C=O) groups is 1. The maximum absolute atomic E-state index is 12.3. The first kappa shape index (κ1) is 13.1. The smallest absolute Gasteiger partial charge is 0.264 e. The summed E-state index contributed by atoms with van der Waals surface area (Å²) in [5.41, 5.74) is 1.12. The molecule has 0 bridgehead atoms. The number of nitrogens with zero attached hydrogens (tertiary/aromatic N) is 2. The van der Waals surface area contributed by atoms with E-state index < -0.39 is 0 Å². The fraction of sp³-hybridized carbons (Fsp3) is 0.667. The summed E-state index contributed by atoms with van der Waals surface area (Å²) in [7, 11) is 0. The number of hydrogen-bond acceptors (Lipinski definition) is 3. The second kappa shape index (κ2) is 5.25. The van der Waals surface area contributed by atoms with Gasteiger partial charge in [0.2, 0.25) is 0 Å². The van der Waals surface area contributed by atoms with Crippen molar-refractivity contribution in [1.29, 1.82) is 0 Å². The molecule has 3 nitrogen and oxygen atoms in total. The summed E-state index contributed by atoms with van der Waals surface area (Å²) in [6.45, 7) is 7.40. The zero-order chi connectivity index (χ0) is 13.4. The number of likely N-dealkylation sites (tertiary alicyclic amines) is 2. The molecule has 0 saturated carbocycles. The van der Waals surface area contributed by atoms with E-state index in [1.807, 2.05) is 23.3 Å². The lowest BCUT2D eigenvalue weighted by Gasteiger charge is -2.49. The van der Waals surface area contributed by atoms with Gasteiger partial charge in [0, 0.05) is 25.2 Å². The van der Waals surface area contributed by atoms with Crippen molar-refractivity contribution < 1.29 is 4.79 Å². The summed E-state index contributed by atoms with van der Waals surface area (Å²) in [5, 5.41) is 2.01. The van der Waals surface area contributed by atoms with Crippen LogP contribution in [0.15, 0.2) is 11.4 Å². The maximum atomic E-state index is 12.3. The molecule has 104 valence electrons. The largest absolute Gasteiger partial charge is 0.335 e. The molecule has 1 amide bonds. The highest BCUT2D eigenvalue weighted by molar-refractivity contribution is 7.12. The van der Waals surface area contributed by atoms with Gasteiger partial charge in [-0.3, -0.25) is 9.69 Å². The van der Waals surface area contributed by atoms with Crippen molar-refractivity contribution in [2.45, 2.75) is 45.2 Å². The molecule has 1 atom stereocenters. The molecule has 3 heterocycles. The van der Waals surface area contributed by atoms with Gasteiger partial charge in [0.15, 0.2) is 0 Å². The highest BCUT2D eigenvalue weighted by atomic mass is 32.1. The van der Waals surface area contributed by atoms with Crippen molar-refractivity contribution >= 4 is 17.2 Å². The van der Waals surface area contributed by atoms with Crippen LogP contribution in [-0.2, 0) is 0 Å². The summed E-state index contributed by atoms with van der Waals surface area (Å²) in [6, 6.07) is 3.32. The Morgan fingerprint density at radius 1 is 1.37 bits per heavy atom. The Bertz CT molecular complexity index is 464. The summed E-state index contributed by atoms with van der Waals surface area (Å²) in [4.78, 5) is 17.9. The quantitative estimate of drug-likeness (QED) is 0.830. The minimum Gasteiger partial charge on any atom is -0.335 e. The maximum Gasteiger partial charge on any atom is 0.264 e. The van der Waals surface area contributed by atoms with Gasteiger partial charge < -0.3 is 4.90 Å². The van der Waals surface area contributed by atoms with Gasteiger partial charge in [0.1, 0.15) is 0 Å². The zero-order valence-corrected chi connectivity index (χ0v) is 12.6. The molecule has 2 aliphatic heterocycles. The van der Waals surface area contributed by atoms with Crippen LogP contribution in [0, 0.1) is 6.92 Å². The summed E-state index contributed by atoms with van der Waals surface area (Å²) >= 11 is 1.57. The van der Waals surface area contributed by atoms with E-state index in [9.17, 15) is 4.79 Å². The molecule has 0 N–H and O–H groups in total. The van der Waals surface area contributed by atoms with E-state index >= 15 is 0 Å². The molecule has 0 spiro atoms. The van der Waals surface area contributed by atoms with Crippen LogP contribution >= 0.6 is 11.3 Å². The monoisotopic (exact) mass is 278 g/mol. The van der Waals surface area contributed by atoms with Gasteiger partial charge in [-0.1, -0.05) is 6.42 Å². The van der Waals surface area contributed by atoms with Gasteiger partial charge in [-0.15, -0.1) is 11.3 Å². The normalized spacial score (nSPS) is 25.4. The molecule has 2 fully saturated rings. The average molecular weight is 278 g/mol. The molecule has 4 heteroatoms. The molecule has 2 saturated heterocycles. The Hall–Kier alpha value is -0.870. The van der Waals surface area contributed by atoms with Gasteiger partial charge in [-0.05, 0) is 50.2 Å². The third-order valence-electron chi connectivity index (χ3n) is 4.53. The number of piperidine rings is 1. The van der Waals surface area contributed by atoms with Gasteiger partial charge in [-0.2, -0.15) is 0 Å². The van der Waals surface area contributed by atoms with Crippen LogP contribution in [0.5, 0.6) is 0 Å². The van der Waals surface area contributed by atoms with Crippen molar-refractivity contribution in [2.75, 3.05) is 19.6 Å². The lowest BCUT2D eigenvalue weighted by molar-refractivity contribution is 0.00236. The molecule has 0 aromatic carbocycles. The van der Waals surface area contributed by atoms with Crippen molar-refractivity contribution in [3.05, 3.63) is 21.9 Å². The van der Waals surface area contributed by atoms with Crippen LogP contribution in [-0.4, -0.2) is 47.4 Å². The van der Waals surface area contributed by atoms with E-state index in [-0.39, 0.29) is 5.91 Å². The summed E-state index contributed by atoms with van der Waals surface area (Å²) < 4.78 is 0. The molecule has 0 aliphatic carbocycles. The van der Waals surface area contributed by atoms with Crippen molar-refractivity contribution in [3.63, 3.8) is 0 Å². The molecule has 2 aliphatic rings. The highest BCUT2D eigenvalue weighted by Crippen LogP contribution is 2.27. The Morgan fingerprint density at radius 2 is 2.16 bits per heavy atom. The highest BCUT2D eigenvalue weighted by Gasteiger charge is 2.38. The van der Waals surface area contributed by atoms with Crippen LogP contribution in [0.4, 0.5) is 0 Å². The first-order valence-corrected chi connectivity index (χ1v) is 8.14. The van der Waals surface area contributed by atoms with Crippen molar-refractivity contribution in [1.82, 2.24) is 9.80 Å². The fourth-order valence-electron chi connectivity index (χ4n) is 3.23. The SMILES string of the molecule is Cc1ccsc1C(=O)N1CC(N2CCCC[C@H]2C)C1. The summed E-state index contributed by atoms with van der Waals surface area (Å²) in [6.07, 6.45) is 3.99. The lowest BCUT2D eigenvalue weighted by atomic mass is 9.97. The topological polar surface area (TPSA) is 23.6 Å². The van der Waals surface area contributed by atoms with Crippen LogP contribution in [0.3, 0.4) is 0 Å². The molecule has 0 unspecified atom stereocenters. The van der Waals surface area contributed by atoms with E-state index in [2.05, 4.69) is 11.8 Å². The molecule has 19 heavy (non-hydrogen) atoms. The van der Waals surface area contributed by atoms with E-state index in [0.717, 1.165) is 23.5 Å². The van der Waals surface area contributed by atoms with E-state index in [0.29, 0.717) is 12.1 Å². The van der Waals surface area contributed by atoms with Crippen molar-refractivity contribution in [2.24, 2.45) is 0 Å². The van der Waals surface area contributed by atoms with Gasteiger partial charge in [-0.25, -0.2) is 0 Å². The molecule has 3 rings (SSSR count). The van der Waals surface area contributed by atoms with E-state index in [4.69, 9.17) is 0 Å². The third kappa shape index (κ3) is 2.43. The minimum atomic E-state index is 0.230. The second-order valence-electron chi connectivity index (χ2n) is 5.88. The molecular weight excluding hydrogens is 256 g/mol. The number of hydrogen-bond donors (Lipinski definition) is 0. The van der Waals surface area contributed by atoms with E-state index in [1.54, 1.807) is 11.3 Å². The number of thiophene rings is 1. The van der Waals surface area contributed by atoms with Crippen LogP contribution < -0.4 is 0 Å². The fourth-order valence-corrected chi connectivity index (χ4v) is 4.12. The molecular formula is C15H22N2OS. The summed E-state index contributed by atoms with van der Waals surface area (Å²) in [5.74, 6) is 0.230. The standard InChI is InChI=1S/C15H22N2OS/c1-11-6-8-19-14(11)15(18)16-9-13(10-16)17-7-4-3-5-12(17)2/h6,8,12-13H,3-5,7,9-10H2,1-2H3/t12-/m1/s1. The second-order valence-corrected chi connectivity index (χ2v) is 6.80. The Labute approximate surface area is 119 Å². The number of carbonyl (C=O) groups excluding carboxylic acids is 1. The van der Waals surface area contributed by atoms with Crippen LogP contribution in [0.25, 0.3) is 0 Å². The van der Waals surface area contributed by atoms with Gasteiger partial charge >= 0.3 is 0 Å². The number of rotatable bonds is 2. The molecule has 0 radical (unpaired) electrons.